The molecule has 0 aromatic rings. The fraction of sp³-hybridized carbons (Fsp3) is 0.862. The maximum absolute atomic E-state index is 11.8. The van der Waals surface area contributed by atoms with E-state index in [2.05, 4.69) is 31.2 Å². The van der Waals surface area contributed by atoms with Crippen LogP contribution in [0.2, 0.25) is 0 Å². The van der Waals surface area contributed by atoms with Crippen LogP contribution in [0.15, 0.2) is 24.3 Å². The van der Waals surface area contributed by atoms with Crippen LogP contribution < -0.4 is 0 Å². The molecule has 35 heavy (non-hydrogen) atoms. The van der Waals surface area contributed by atoms with E-state index in [1.54, 1.807) is 0 Å². The van der Waals surface area contributed by atoms with Crippen LogP contribution in [-0.4, -0.2) is 52.4 Å². The highest BCUT2D eigenvalue weighted by molar-refractivity contribution is 7.53. The van der Waals surface area contributed by atoms with Gasteiger partial charge in [-0.2, -0.15) is 0 Å². The number of aliphatic hydroxyl groups is 1. The van der Waals surface area contributed by atoms with Gasteiger partial charge in [-0.15, -0.1) is 0 Å². The number of hydrogen-bond acceptors (Lipinski definition) is 2. The molecule has 0 saturated heterocycles. The number of nitrogens with zero attached hydrogens (tertiary/aromatic N) is 1. The van der Waals surface area contributed by atoms with Gasteiger partial charge in [0, 0.05) is 0 Å². The molecule has 0 radical (unpaired) electrons. The molecule has 0 spiro atoms. The molecule has 0 rings (SSSR count). The van der Waals surface area contributed by atoms with E-state index in [-0.39, 0.29) is 13.0 Å². The Morgan fingerprint density at radius 1 is 0.629 bits per heavy atom. The second-order valence-corrected chi connectivity index (χ2v) is 13.3. The Morgan fingerprint density at radius 2 is 0.971 bits per heavy atom. The van der Waals surface area contributed by atoms with Crippen molar-refractivity contribution in [2.75, 3.05) is 27.7 Å². The topological polar surface area (TPSA) is 77.8 Å². The van der Waals surface area contributed by atoms with E-state index >= 15 is 0 Å². The lowest BCUT2D eigenvalue weighted by atomic mass is 10.1. The number of unbranched alkanes of at least 4 members (excludes halogenated alkanes) is 15. The molecule has 0 bridgehead atoms. The Bertz CT molecular complexity index is 594. The summed E-state index contributed by atoms with van der Waals surface area (Å²) in [4.78, 5) is 19.2. The van der Waals surface area contributed by atoms with Crippen molar-refractivity contribution >= 4 is 7.60 Å². The average Bonchev–Trinajstić information content (AvgIpc) is 2.75. The summed E-state index contributed by atoms with van der Waals surface area (Å²) in [5.74, 6) is 0. The summed E-state index contributed by atoms with van der Waals surface area (Å²) in [6.45, 7) is 2.31. The zero-order chi connectivity index (χ0) is 26.5. The summed E-state index contributed by atoms with van der Waals surface area (Å²) >= 11 is 0. The fourth-order valence-electron chi connectivity index (χ4n) is 4.49. The molecule has 1 atom stereocenters. The van der Waals surface area contributed by atoms with Crippen LogP contribution >= 0.6 is 7.60 Å². The summed E-state index contributed by atoms with van der Waals surface area (Å²) in [7, 11) is 0.947. The molecule has 6 heteroatoms. The van der Waals surface area contributed by atoms with E-state index in [1.807, 2.05) is 21.1 Å². The first-order valence-electron chi connectivity index (χ1n) is 14.4. The first-order chi connectivity index (χ1) is 16.5. The molecule has 1 unspecified atom stereocenters. The SMILES string of the molecule is CCCCCCC/C=C\CCCCCCCC/C=C\CCCCCC(O)(C[N+](C)(C)C)P(=O)(O)O. The first-order valence-corrected chi connectivity index (χ1v) is 16.0. The van der Waals surface area contributed by atoms with Gasteiger partial charge in [0.05, 0.1) is 21.1 Å². The maximum Gasteiger partial charge on any atom is 0.362 e. The predicted octanol–water partition coefficient (Wildman–Crippen LogP) is 8.10. The molecule has 208 valence electrons. The molecule has 0 aromatic heterocycles. The minimum Gasteiger partial charge on any atom is -0.373 e. The van der Waals surface area contributed by atoms with Crippen LogP contribution in [0.3, 0.4) is 0 Å². The quantitative estimate of drug-likeness (QED) is 0.0524. The minimum atomic E-state index is -4.56. The number of hydrogen-bond donors (Lipinski definition) is 3. The van der Waals surface area contributed by atoms with Crippen molar-refractivity contribution in [2.45, 2.75) is 134 Å². The van der Waals surface area contributed by atoms with Crippen LogP contribution in [-0.2, 0) is 4.57 Å². The van der Waals surface area contributed by atoms with E-state index in [0.717, 1.165) is 25.7 Å². The normalized spacial score (nSPS) is 14.8. The third-order valence-corrected chi connectivity index (χ3v) is 7.97. The van der Waals surface area contributed by atoms with Gasteiger partial charge in [0.15, 0.2) is 0 Å². The lowest BCUT2D eigenvalue weighted by Crippen LogP contribution is -2.49. The number of rotatable bonds is 24. The standard InChI is InChI=1S/C29H58NO4P/c1-5-6-7-8-9-10-11-12-13-14-15-16-17-18-19-20-21-22-23-24-25-26-27-29(31,35(32,33)34)28-30(2,3)4/h11-12,21-22,31H,5-10,13-20,23-28H2,1-4H3,(H-,32,33,34)/p+1/b12-11-,22-21-. The van der Waals surface area contributed by atoms with Crippen LogP contribution in [0.25, 0.3) is 0 Å². The monoisotopic (exact) mass is 516 g/mol. The second-order valence-electron chi connectivity index (χ2n) is 11.4. The zero-order valence-corrected chi connectivity index (χ0v) is 24.5. The summed E-state index contributed by atoms with van der Waals surface area (Å²) in [6.07, 6.45) is 31.3. The van der Waals surface area contributed by atoms with Crippen LogP contribution in [0, 0.1) is 0 Å². The van der Waals surface area contributed by atoms with E-state index in [1.165, 1.54) is 83.5 Å². The van der Waals surface area contributed by atoms with Crippen molar-refractivity contribution in [3.8, 4) is 0 Å². The Morgan fingerprint density at radius 3 is 1.31 bits per heavy atom. The summed E-state index contributed by atoms with van der Waals surface area (Å²) in [5, 5.41) is 8.63. The Balaban J connectivity index is 3.59. The minimum absolute atomic E-state index is 0.0491. The summed E-state index contributed by atoms with van der Waals surface area (Å²) < 4.78 is 12.1. The maximum atomic E-state index is 11.8. The van der Waals surface area contributed by atoms with Gasteiger partial charge in [0.25, 0.3) is 0 Å². The van der Waals surface area contributed by atoms with Crippen molar-refractivity contribution in [1.29, 1.82) is 0 Å². The van der Waals surface area contributed by atoms with Crippen LogP contribution in [0.5, 0.6) is 0 Å². The smallest absolute Gasteiger partial charge is 0.362 e. The summed E-state index contributed by atoms with van der Waals surface area (Å²) in [5.41, 5.74) is 0. The molecule has 0 fully saturated rings. The zero-order valence-electron chi connectivity index (χ0n) is 23.6. The van der Waals surface area contributed by atoms with Gasteiger partial charge in [-0.05, 0) is 64.2 Å². The number of allylic oxidation sites excluding steroid dienone is 4. The largest absolute Gasteiger partial charge is 0.373 e. The lowest BCUT2D eigenvalue weighted by Gasteiger charge is -2.35. The highest BCUT2D eigenvalue weighted by Crippen LogP contribution is 2.52. The molecular formula is C29H59NO4P+. The highest BCUT2D eigenvalue weighted by atomic mass is 31.2. The van der Waals surface area contributed by atoms with Crippen LogP contribution in [0.4, 0.5) is 0 Å². The third kappa shape index (κ3) is 21.4. The predicted molar refractivity (Wildman–Crippen MR) is 152 cm³/mol. The van der Waals surface area contributed by atoms with Gasteiger partial charge < -0.3 is 19.4 Å². The van der Waals surface area contributed by atoms with Crippen molar-refractivity contribution in [1.82, 2.24) is 0 Å². The average molecular weight is 517 g/mol. The Labute approximate surface area is 217 Å². The van der Waals surface area contributed by atoms with Gasteiger partial charge in [-0.25, -0.2) is 0 Å². The van der Waals surface area contributed by atoms with Crippen molar-refractivity contribution in [3.63, 3.8) is 0 Å². The number of quaternary nitrogens is 1. The fourth-order valence-corrected chi connectivity index (χ4v) is 5.55. The van der Waals surface area contributed by atoms with E-state index in [4.69, 9.17) is 0 Å². The van der Waals surface area contributed by atoms with Crippen molar-refractivity contribution in [2.24, 2.45) is 0 Å². The molecule has 3 N–H and O–H groups in total. The van der Waals surface area contributed by atoms with Gasteiger partial charge in [-0.3, -0.25) is 4.57 Å². The Hall–Kier alpha value is -0.450. The molecule has 0 heterocycles. The van der Waals surface area contributed by atoms with Gasteiger partial charge in [0.1, 0.15) is 6.54 Å². The lowest BCUT2D eigenvalue weighted by molar-refractivity contribution is -0.875. The highest BCUT2D eigenvalue weighted by Gasteiger charge is 2.48. The molecular weight excluding hydrogens is 457 g/mol. The molecule has 0 saturated carbocycles. The molecule has 5 nitrogen and oxygen atoms in total. The number of likely N-dealkylation sites (N-methyl/N-ethyl adjacent to an activating group) is 1. The Kier molecular flexibility index (Phi) is 20.3. The summed E-state index contributed by atoms with van der Waals surface area (Å²) in [6, 6.07) is 0. The van der Waals surface area contributed by atoms with Crippen LogP contribution in [0.1, 0.15) is 129 Å². The molecule has 0 aliphatic rings. The molecule has 0 aliphatic carbocycles. The van der Waals surface area contributed by atoms with Crippen molar-refractivity contribution in [3.05, 3.63) is 24.3 Å². The third-order valence-electron chi connectivity index (χ3n) is 6.52. The van der Waals surface area contributed by atoms with E-state index in [0.29, 0.717) is 10.9 Å². The second kappa shape index (κ2) is 20.6. The van der Waals surface area contributed by atoms with Gasteiger partial charge >= 0.3 is 7.60 Å². The van der Waals surface area contributed by atoms with E-state index in [9.17, 15) is 19.5 Å². The van der Waals surface area contributed by atoms with Crippen molar-refractivity contribution < 1.29 is 23.9 Å². The van der Waals surface area contributed by atoms with E-state index < -0.39 is 12.9 Å². The molecule has 0 aromatic carbocycles. The molecule has 0 amide bonds. The first kappa shape index (κ1) is 34.6. The molecule has 0 aliphatic heterocycles. The van der Waals surface area contributed by atoms with Gasteiger partial charge in [-0.1, -0.05) is 89.0 Å². The van der Waals surface area contributed by atoms with Gasteiger partial charge in [0.2, 0.25) is 5.34 Å².